The van der Waals surface area contributed by atoms with Crippen molar-refractivity contribution in [3.05, 3.63) is 0 Å². The summed E-state index contributed by atoms with van der Waals surface area (Å²) < 4.78 is 19.2. The first-order chi connectivity index (χ1) is 5.57. The van der Waals surface area contributed by atoms with Crippen LogP contribution < -0.4 is 0 Å². The van der Waals surface area contributed by atoms with Gasteiger partial charge in [0, 0.05) is 7.05 Å². The average Bonchev–Trinajstić information content (AvgIpc) is 2.05. The highest BCUT2D eigenvalue weighted by Crippen LogP contribution is 2.50. The van der Waals surface area contributed by atoms with Gasteiger partial charge in [-0.05, 0) is 6.92 Å². The Labute approximate surface area is 90.8 Å². The summed E-state index contributed by atoms with van der Waals surface area (Å²) in [5, 5.41) is 0. The van der Waals surface area contributed by atoms with Gasteiger partial charge in [0.1, 0.15) is 0 Å². The molecule has 1 atom stereocenters. The maximum Gasteiger partial charge on any atom is 0.275 e. The van der Waals surface area contributed by atoms with Crippen molar-refractivity contribution in [2.24, 2.45) is 0 Å². The molecule has 0 N–H and O–H groups in total. The fourth-order valence-electron chi connectivity index (χ4n) is 0.917. The minimum absolute atomic E-state index is 0.458. The SMILES string of the molecule is CN1C(=O)C(Cl)(Cl)C(C)(Cl)S1(=O)=O. The van der Waals surface area contributed by atoms with Crippen molar-refractivity contribution >= 4 is 50.7 Å². The van der Waals surface area contributed by atoms with Crippen LogP contribution in [0.2, 0.25) is 0 Å². The Balaban J connectivity index is 3.49. The number of rotatable bonds is 0. The lowest BCUT2D eigenvalue weighted by atomic mass is 10.3. The topological polar surface area (TPSA) is 54.5 Å². The van der Waals surface area contributed by atoms with E-state index >= 15 is 0 Å². The molecule has 1 saturated heterocycles. The van der Waals surface area contributed by atoms with Crippen molar-refractivity contribution in [1.82, 2.24) is 4.31 Å². The summed E-state index contributed by atoms with van der Waals surface area (Å²) in [6, 6.07) is 0. The van der Waals surface area contributed by atoms with Crippen LogP contribution in [0.3, 0.4) is 0 Å². The van der Waals surface area contributed by atoms with Crippen LogP contribution >= 0.6 is 34.8 Å². The van der Waals surface area contributed by atoms with E-state index in [0.29, 0.717) is 4.31 Å². The van der Waals surface area contributed by atoms with Gasteiger partial charge in [-0.1, -0.05) is 34.8 Å². The predicted molar refractivity (Wildman–Crippen MR) is 50.4 cm³/mol. The smallest absolute Gasteiger partial charge is 0.270 e. The number of nitrogens with zero attached hydrogens (tertiary/aromatic N) is 1. The fourth-order valence-corrected chi connectivity index (χ4v) is 3.53. The molecule has 1 unspecified atom stereocenters. The maximum absolute atomic E-state index is 11.4. The summed E-state index contributed by atoms with van der Waals surface area (Å²) in [7, 11) is -2.91. The fraction of sp³-hybridized carbons (Fsp3) is 0.800. The second-order valence-corrected chi connectivity index (χ2v) is 7.39. The van der Waals surface area contributed by atoms with Crippen molar-refractivity contribution in [3.8, 4) is 0 Å². The molecule has 0 radical (unpaired) electrons. The third-order valence-electron chi connectivity index (χ3n) is 1.96. The Morgan fingerprint density at radius 3 is 1.77 bits per heavy atom. The second kappa shape index (κ2) is 2.66. The second-order valence-electron chi connectivity index (χ2n) is 2.77. The zero-order valence-corrected chi connectivity index (χ0v) is 9.80. The molecular formula is C5H6Cl3NO3S. The molecule has 1 aliphatic rings. The van der Waals surface area contributed by atoms with Crippen molar-refractivity contribution in [1.29, 1.82) is 0 Å². The van der Waals surface area contributed by atoms with Gasteiger partial charge >= 0.3 is 0 Å². The third kappa shape index (κ3) is 1.11. The minimum atomic E-state index is -3.97. The summed E-state index contributed by atoms with van der Waals surface area (Å²) in [6.45, 7) is 1.09. The summed E-state index contributed by atoms with van der Waals surface area (Å²) in [5.74, 6) is -0.937. The first-order valence-electron chi connectivity index (χ1n) is 3.16. The minimum Gasteiger partial charge on any atom is -0.270 e. The van der Waals surface area contributed by atoms with Crippen molar-refractivity contribution < 1.29 is 13.2 Å². The van der Waals surface area contributed by atoms with Crippen LogP contribution in [0.4, 0.5) is 0 Å². The molecule has 4 nitrogen and oxygen atoms in total. The van der Waals surface area contributed by atoms with Gasteiger partial charge in [-0.15, -0.1) is 0 Å². The molecule has 1 heterocycles. The molecule has 0 saturated carbocycles. The van der Waals surface area contributed by atoms with Crippen molar-refractivity contribution in [3.63, 3.8) is 0 Å². The van der Waals surface area contributed by atoms with Crippen LogP contribution in [-0.4, -0.2) is 34.2 Å². The van der Waals surface area contributed by atoms with E-state index in [1.807, 2.05) is 0 Å². The highest BCUT2D eigenvalue weighted by Gasteiger charge is 2.68. The van der Waals surface area contributed by atoms with E-state index in [2.05, 4.69) is 0 Å². The zero-order valence-electron chi connectivity index (χ0n) is 6.71. The first-order valence-corrected chi connectivity index (χ1v) is 5.74. The lowest BCUT2D eigenvalue weighted by Gasteiger charge is -2.21. The summed E-state index contributed by atoms with van der Waals surface area (Å²) in [4.78, 5) is 11.3. The predicted octanol–water partition coefficient (Wildman–Crippen LogP) is 0.917. The molecule has 0 aromatic heterocycles. The van der Waals surface area contributed by atoms with Crippen LogP contribution in [0.1, 0.15) is 6.92 Å². The molecule has 0 spiro atoms. The monoisotopic (exact) mass is 265 g/mol. The Morgan fingerprint density at radius 1 is 1.31 bits per heavy atom. The van der Waals surface area contributed by atoms with E-state index in [9.17, 15) is 13.2 Å². The summed E-state index contributed by atoms with van der Waals surface area (Å²) in [6.07, 6.45) is 0. The van der Waals surface area contributed by atoms with E-state index in [1.165, 1.54) is 0 Å². The molecule has 13 heavy (non-hydrogen) atoms. The number of alkyl halides is 3. The number of carbonyl (C=O) groups excluding carboxylic acids is 1. The molecule has 1 aliphatic heterocycles. The maximum atomic E-state index is 11.4. The Morgan fingerprint density at radius 2 is 1.69 bits per heavy atom. The molecule has 1 amide bonds. The van der Waals surface area contributed by atoms with Gasteiger partial charge < -0.3 is 0 Å². The van der Waals surface area contributed by atoms with E-state index < -0.39 is 24.5 Å². The average molecular weight is 267 g/mol. The van der Waals surface area contributed by atoms with Crippen LogP contribution in [0.5, 0.6) is 0 Å². The molecule has 1 rings (SSSR count). The number of amides is 1. The Bertz CT molecular complexity index is 361. The van der Waals surface area contributed by atoms with E-state index in [1.54, 1.807) is 0 Å². The number of hydrogen-bond acceptors (Lipinski definition) is 3. The van der Waals surface area contributed by atoms with Crippen LogP contribution in [0, 0.1) is 0 Å². The Kier molecular flexibility index (Phi) is 2.32. The zero-order chi connectivity index (χ0) is 10.7. The number of carbonyl (C=O) groups is 1. The van der Waals surface area contributed by atoms with Crippen LogP contribution in [-0.2, 0) is 14.8 Å². The van der Waals surface area contributed by atoms with Crippen LogP contribution in [0.25, 0.3) is 0 Å². The molecular weight excluding hydrogens is 260 g/mol. The first kappa shape index (κ1) is 11.4. The molecule has 0 bridgehead atoms. The molecule has 0 aromatic carbocycles. The van der Waals surface area contributed by atoms with E-state index in [4.69, 9.17) is 34.8 Å². The van der Waals surface area contributed by atoms with Crippen LogP contribution in [0.15, 0.2) is 0 Å². The van der Waals surface area contributed by atoms with Gasteiger partial charge in [0.15, 0.2) is 0 Å². The van der Waals surface area contributed by atoms with E-state index in [-0.39, 0.29) is 0 Å². The molecule has 8 heteroatoms. The molecule has 0 aliphatic carbocycles. The van der Waals surface area contributed by atoms with E-state index in [0.717, 1.165) is 14.0 Å². The van der Waals surface area contributed by atoms with Crippen molar-refractivity contribution in [2.75, 3.05) is 7.05 Å². The van der Waals surface area contributed by atoms with Gasteiger partial charge in [-0.25, -0.2) is 12.7 Å². The lowest BCUT2D eigenvalue weighted by molar-refractivity contribution is -0.125. The molecule has 1 fully saturated rings. The van der Waals surface area contributed by atoms with Gasteiger partial charge in [0.25, 0.3) is 15.9 Å². The highest BCUT2D eigenvalue weighted by atomic mass is 35.5. The quantitative estimate of drug-likeness (QED) is 0.613. The number of halogens is 3. The lowest BCUT2D eigenvalue weighted by Crippen LogP contribution is -2.41. The van der Waals surface area contributed by atoms with Gasteiger partial charge in [-0.3, -0.25) is 4.79 Å². The third-order valence-corrected chi connectivity index (χ3v) is 6.49. The normalized spacial score (nSPS) is 36.7. The van der Waals surface area contributed by atoms with Crippen molar-refractivity contribution in [2.45, 2.75) is 15.5 Å². The number of hydrogen-bond donors (Lipinski definition) is 0. The largest absolute Gasteiger partial charge is 0.275 e. The van der Waals surface area contributed by atoms with Gasteiger partial charge in [0.05, 0.1) is 0 Å². The highest BCUT2D eigenvalue weighted by molar-refractivity contribution is 7.93. The van der Waals surface area contributed by atoms with Gasteiger partial charge in [-0.2, -0.15) is 0 Å². The number of sulfonamides is 1. The Hall–Kier alpha value is 0.290. The summed E-state index contributed by atoms with van der Waals surface area (Å²) in [5.41, 5.74) is 0. The standard InChI is InChI=1S/C5H6Cl3NO3S/c1-4(6)5(7,8)3(10)9(2)13(4,11)12/h1-2H3. The molecule has 0 aromatic rings. The van der Waals surface area contributed by atoms with Gasteiger partial charge in [0.2, 0.25) is 8.54 Å². The summed E-state index contributed by atoms with van der Waals surface area (Å²) >= 11 is 16.7. The molecule has 76 valence electrons.